The van der Waals surface area contributed by atoms with Gasteiger partial charge in [0.1, 0.15) is 0 Å². The van der Waals surface area contributed by atoms with E-state index in [0.29, 0.717) is 6.42 Å². The van der Waals surface area contributed by atoms with Crippen LogP contribution in [0, 0.1) is 0 Å². The molecule has 1 saturated heterocycles. The van der Waals surface area contributed by atoms with Gasteiger partial charge in [0.05, 0.1) is 0 Å². The molecule has 0 aliphatic carbocycles. The molecule has 1 fully saturated rings. The lowest BCUT2D eigenvalue weighted by Crippen LogP contribution is -2.49. The van der Waals surface area contributed by atoms with E-state index in [4.69, 9.17) is 23.7 Å². The summed E-state index contributed by atoms with van der Waals surface area (Å²) < 4.78 is 26.4. The highest BCUT2D eigenvalue weighted by atomic mass is 16.8. The second-order valence-corrected chi connectivity index (χ2v) is 4.21. The predicted molar refractivity (Wildman–Crippen MR) is 63.0 cm³/mol. The van der Waals surface area contributed by atoms with Gasteiger partial charge < -0.3 is 23.7 Å². The van der Waals surface area contributed by atoms with Crippen molar-refractivity contribution in [2.24, 2.45) is 0 Å². The maximum atomic E-state index is 11.3. The van der Waals surface area contributed by atoms with E-state index in [1.165, 1.54) is 28.1 Å². The van der Waals surface area contributed by atoms with Crippen molar-refractivity contribution in [3.8, 4) is 0 Å². The van der Waals surface area contributed by atoms with Gasteiger partial charge in [0.2, 0.25) is 0 Å². The van der Waals surface area contributed by atoms with Crippen LogP contribution in [0.25, 0.3) is 0 Å². The average Bonchev–Trinajstić information content (AvgIpc) is 2.62. The molecule has 110 valence electrons. The van der Waals surface area contributed by atoms with Crippen molar-refractivity contribution in [3.05, 3.63) is 0 Å². The Labute approximate surface area is 112 Å². The van der Waals surface area contributed by atoms with Crippen LogP contribution in [0.3, 0.4) is 0 Å². The number of rotatable bonds is 5. The molecule has 7 heteroatoms. The van der Waals surface area contributed by atoms with Gasteiger partial charge in [-0.1, -0.05) is 6.92 Å². The average molecular weight is 276 g/mol. The molecule has 0 N–H and O–H groups in total. The van der Waals surface area contributed by atoms with Gasteiger partial charge in [-0.05, 0) is 0 Å². The van der Waals surface area contributed by atoms with Gasteiger partial charge in [-0.3, -0.25) is 9.59 Å². The zero-order valence-electron chi connectivity index (χ0n) is 11.8. The van der Waals surface area contributed by atoms with E-state index < -0.39 is 36.2 Å². The van der Waals surface area contributed by atoms with E-state index in [1.807, 2.05) is 0 Å². The van der Waals surface area contributed by atoms with Gasteiger partial charge in [0, 0.05) is 34.5 Å². The molecule has 4 atom stereocenters. The van der Waals surface area contributed by atoms with Crippen molar-refractivity contribution in [1.29, 1.82) is 0 Å². The van der Waals surface area contributed by atoms with Crippen molar-refractivity contribution in [2.45, 2.75) is 51.5 Å². The SMILES string of the molecule is CCC1(OC(C)=O)OC(OC)C(OC)C1OC(C)=O. The normalized spacial score (nSPS) is 34.1. The first kappa shape index (κ1) is 15.9. The standard InChI is InChI=1S/C12H20O7/c1-6-12(18-8(3)14)10(17-7(2)13)9(15-4)11(16-5)19-12/h9-11H,6H2,1-5H3. The van der Waals surface area contributed by atoms with Crippen LogP contribution >= 0.6 is 0 Å². The highest BCUT2D eigenvalue weighted by Crippen LogP contribution is 2.39. The Morgan fingerprint density at radius 2 is 1.79 bits per heavy atom. The van der Waals surface area contributed by atoms with Crippen LogP contribution in [0.2, 0.25) is 0 Å². The summed E-state index contributed by atoms with van der Waals surface area (Å²) in [5.74, 6) is -2.44. The summed E-state index contributed by atoms with van der Waals surface area (Å²) in [6.07, 6.45) is -2.04. The number of methoxy groups -OCH3 is 2. The summed E-state index contributed by atoms with van der Waals surface area (Å²) in [7, 11) is 2.87. The number of hydrogen-bond acceptors (Lipinski definition) is 7. The fourth-order valence-electron chi connectivity index (χ4n) is 2.16. The van der Waals surface area contributed by atoms with E-state index in [9.17, 15) is 9.59 Å². The smallest absolute Gasteiger partial charge is 0.305 e. The molecule has 4 unspecified atom stereocenters. The van der Waals surface area contributed by atoms with E-state index >= 15 is 0 Å². The minimum absolute atomic E-state index is 0.296. The topological polar surface area (TPSA) is 80.3 Å². The van der Waals surface area contributed by atoms with E-state index in [-0.39, 0.29) is 0 Å². The fraction of sp³-hybridized carbons (Fsp3) is 0.833. The van der Waals surface area contributed by atoms with E-state index in [0.717, 1.165) is 0 Å². The second-order valence-electron chi connectivity index (χ2n) is 4.21. The monoisotopic (exact) mass is 276 g/mol. The summed E-state index contributed by atoms with van der Waals surface area (Å²) in [5.41, 5.74) is 0. The molecule has 0 amide bonds. The molecule has 0 spiro atoms. The van der Waals surface area contributed by atoms with Crippen LogP contribution in [-0.2, 0) is 33.3 Å². The molecule has 0 aromatic carbocycles. The van der Waals surface area contributed by atoms with Gasteiger partial charge in [-0.25, -0.2) is 0 Å². The third-order valence-electron chi connectivity index (χ3n) is 2.92. The van der Waals surface area contributed by atoms with Crippen molar-refractivity contribution in [2.75, 3.05) is 14.2 Å². The van der Waals surface area contributed by atoms with Gasteiger partial charge in [-0.15, -0.1) is 0 Å². The summed E-state index contributed by atoms with van der Waals surface area (Å²) >= 11 is 0. The zero-order chi connectivity index (χ0) is 14.6. The van der Waals surface area contributed by atoms with Gasteiger partial charge >= 0.3 is 11.9 Å². The van der Waals surface area contributed by atoms with Crippen molar-refractivity contribution in [1.82, 2.24) is 0 Å². The Morgan fingerprint density at radius 1 is 1.16 bits per heavy atom. The summed E-state index contributed by atoms with van der Waals surface area (Å²) in [6.45, 7) is 4.28. The van der Waals surface area contributed by atoms with Gasteiger partial charge in [-0.2, -0.15) is 0 Å². The molecule has 1 aliphatic heterocycles. The lowest BCUT2D eigenvalue weighted by molar-refractivity contribution is -0.277. The largest absolute Gasteiger partial charge is 0.452 e. The molecule has 0 aromatic heterocycles. The minimum Gasteiger partial charge on any atom is -0.452 e. The molecule has 1 rings (SSSR count). The second kappa shape index (κ2) is 6.31. The number of carbonyl (C=O) groups is 2. The highest BCUT2D eigenvalue weighted by molar-refractivity contribution is 5.67. The fourth-order valence-corrected chi connectivity index (χ4v) is 2.16. The highest BCUT2D eigenvalue weighted by Gasteiger charge is 2.60. The molecular weight excluding hydrogens is 256 g/mol. The Balaban J connectivity index is 3.09. The third kappa shape index (κ3) is 3.23. The maximum Gasteiger partial charge on any atom is 0.305 e. The van der Waals surface area contributed by atoms with Crippen LogP contribution < -0.4 is 0 Å². The molecule has 1 aliphatic rings. The lowest BCUT2D eigenvalue weighted by Gasteiger charge is -2.32. The molecule has 0 bridgehead atoms. The Bertz CT molecular complexity index is 343. The Hall–Kier alpha value is -1.18. The minimum atomic E-state index is -1.39. The molecular formula is C12H20O7. The van der Waals surface area contributed by atoms with E-state index in [2.05, 4.69) is 0 Å². The van der Waals surface area contributed by atoms with Crippen LogP contribution in [0.1, 0.15) is 27.2 Å². The molecule has 7 nitrogen and oxygen atoms in total. The Morgan fingerprint density at radius 3 is 2.16 bits per heavy atom. The van der Waals surface area contributed by atoms with Gasteiger partial charge in [0.15, 0.2) is 18.5 Å². The van der Waals surface area contributed by atoms with Crippen molar-refractivity contribution < 1.29 is 33.3 Å². The number of hydrogen-bond donors (Lipinski definition) is 0. The quantitative estimate of drug-likeness (QED) is 0.680. The number of carbonyl (C=O) groups excluding carboxylic acids is 2. The maximum absolute atomic E-state index is 11.3. The molecule has 0 radical (unpaired) electrons. The van der Waals surface area contributed by atoms with Crippen LogP contribution in [0.4, 0.5) is 0 Å². The number of esters is 2. The van der Waals surface area contributed by atoms with Crippen LogP contribution in [0.5, 0.6) is 0 Å². The number of ether oxygens (including phenoxy) is 5. The van der Waals surface area contributed by atoms with Gasteiger partial charge in [0.25, 0.3) is 5.79 Å². The first-order valence-corrected chi connectivity index (χ1v) is 6.00. The first-order valence-electron chi connectivity index (χ1n) is 6.00. The summed E-state index contributed by atoms with van der Waals surface area (Å²) in [6, 6.07) is 0. The van der Waals surface area contributed by atoms with Crippen LogP contribution in [-0.4, -0.2) is 50.4 Å². The predicted octanol–water partition coefficient (Wildman–Crippen LogP) is 0.605. The Kier molecular flexibility index (Phi) is 5.28. The summed E-state index contributed by atoms with van der Waals surface area (Å²) in [4.78, 5) is 22.5. The van der Waals surface area contributed by atoms with Crippen molar-refractivity contribution in [3.63, 3.8) is 0 Å². The lowest BCUT2D eigenvalue weighted by atomic mass is 10.0. The van der Waals surface area contributed by atoms with E-state index in [1.54, 1.807) is 6.92 Å². The zero-order valence-corrected chi connectivity index (χ0v) is 11.8. The molecule has 0 aromatic rings. The molecule has 0 saturated carbocycles. The first-order chi connectivity index (χ1) is 8.90. The van der Waals surface area contributed by atoms with Crippen LogP contribution in [0.15, 0.2) is 0 Å². The summed E-state index contributed by atoms with van der Waals surface area (Å²) in [5, 5.41) is 0. The molecule has 19 heavy (non-hydrogen) atoms. The third-order valence-corrected chi connectivity index (χ3v) is 2.92. The molecule has 1 heterocycles. The van der Waals surface area contributed by atoms with Crippen molar-refractivity contribution >= 4 is 11.9 Å².